The van der Waals surface area contributed by atoms with Gasteiger partial charge in [0.25, 0.3) is 5.91 Å². The fourth-order valence-electron chi connectivity index (χ4n) is 2.57. The molecule has 1 atom stereocenters. The highest BCUT2D eigenvalue weighted by molar-refractivity contribution is 8.13. The van der Waals surface area contributed by atoms with Crippen LogP contribution in [0.25, 0.3) is 0 Å². The highest BCUT2D eigenvalue weighted by Crippen LogP contribution is 2.35. The SMILES string of the molecule is COc1ncc(C(=O)Nc2cccc(C3(C)CCSC(N)=N3)c2)cn1. The lowest BCUT2D eigenvalue weighted by Gasteiger charge is -2.30. The van der Waals surface area contributed by atoms with Gasteiger partial charge >= 0.3 is 6.01 Å². The van der Waals surface area contributed by atoms with E-state index in [0.29, 0.717) is 16.4 Å². The largest absolute Gasteiger partial charge is 0.467 e. The number of aliphatic imine (C=N–C) groups is 1. The van der Waals surface area contributed by atoms with Crippen molar-refractivity contribution in [1.29, 1.82) is 0 Å². The van der Waals surface area contributed by atoms with E-state index in [9.17, 15) is 4.79 Å². The zero-order valence-corrected chi connectivity index (χ0v) is 14.8. The predicted octanol–water partition coefficient (Wildman–Crippen LogP) is 2.40. The number of benzene rings is 1. The number of thioether (sulfide) groups is 1. The van der Waals surface area contributed by atoms with E-state index in [4.69, 9.17) is 10.5 Å². The van der Waals surface area contributed by atoms with E-state index in [-0.39, 0.29) is 17.5 Å². The number of hydrogen-bond acceptors (Lipinski definition) is 7. The first-order valence-electron chi connectivity index (χ1n) is 7.76. The molecule has 2 aromatic rings. The highest BCUT2D eigenvalue weighted by atomic mass is 32.2. The van der Waals surface area contributed by atoms with Crippen LogP contribution in [0.5, 0.6) is 6.01 Å². The zero-order valence-electron chi connectivity index (χ0n) is 14.0. The summed E-state index contributed by atoms with van der Waals surface area (Å²) in [5.41, 5.74) is 7.56. The number of amides is 1. The normalized spacial score (nSPS) is 19.8. The molecular formula is C17H19N5O2S. The molecule has 1 unspecified atom stereocenters. The lowest BCUT2D eigenvalue weighted by molar-refractivity contribution is 0.102. The molecule has 0 saturated heterocycles. The molecule has 1 aliphatic heterocycles. The summed E-state index contributed by atoms with van der Waals surface area (Å²) in [6.45, 7) is 2.05. The first-order valence-corrected chi connectivity index (χ1v) is 8.75. The van der Waals surface area contributed by atoms with E-state index >= 15 is 0 Å². The molecule has 25 heavy (non-hydrogen) atoms. The maximum atomic E-state index is 12.4. The van der Waals surface area contributed by atoms with Crippen molar-refractivity contribution < 1.29 is 9.53 Å². The van der Waals surface area contributed by atoms with Gasteiger partial charge in [-0.25, -0.2) is 9.97 Å². The average molecular weight is 357 g/mol. The van der Waals surface area contributed by atoms with Gasteiger partial charge in [-0.1, -0.05) is 23.9 Å². The minimum absolute atomic E-state index is 0.220. The minimum Gasteiger partial charge on any atom is -0.467 e. The Hall–Kier alpha value is -2.61. The van der Waals surface area contributed by atoms with Crippen molar-refractivity contribution in [3.63, 3.8) is 0 Å². The summed E-state index contributed by atoms with van der Waals surface area (Å²) in [5, 5.41) is 3.45. The molecule has 1 aromatic carbocycles. The number of carbonyl (C=O) groups is 1. The number of aromatic nitrogens is 2. The third-order valence-electron chi connectivity index (χ3n) is 4.01. The lowest BCUT2D eigenvalue weighted by atomic mass is 9.89. The molecule has 0 radical (unpaired) electrons. The van der Waals surface area contributed by atoms with Gasteiger partial charge in [-0.3, -0.25) is 9.79 Å². The van der Waals surface area contributed by atoms with Crippen molar-refractivity contribution in [1.82, 2.24) is 9.97 Å². The standard InChI is InChI=1S/C17H19N5O2S/c1-17(6-7-25-15(18)22-17)12-4-3-5-13(8-12)21-14(23)11-9-19-16(24-2)20-10-11/h3-5,8-10H,6-7H2,1-2H3,(H2,18,22)(H,21,23). The Morgan fingerprint density at radius 2 is 2.12 bits per heavy atom. The van der Waals surface area contributed by atoms with Gasteiger partial charge in [-0.2, -0.15) is 0 Å². The second-order valence-corrected chi connectivity index (χ2v) is 6.93. The average Bonchev–Trinajstić information content (AvgIpc) is 2.62. The number of anilines is 1. The molecular weight excluding hydrogens is 338 g/mol. The van der Waals surface area contributed by atoms with Crippen molar-refractivity contribution in [2.45, 2.75) is 18.9 Å². The first kappa shape index (κ1) is 17.2. The van der Waals surface area contributed by atoms with Crippen LogP contribution in [0.3, 0.4) is 0 Å². The first-order chi connectivity index (χ1) is 12.0. The van der Waals surface area contributed by atoms with Gasteiger partial charge < -0.3 is 15.8 Å². The second-order valence-electron chi connectivity index (χ2n) is 5.82. The third-order valence-corrected chi connectivity index (χ3v) is 4.81. The predicted molar refractivity (Wildman–Crippen MR) is 99.0 cm³/mol. The van der Waals surface area contributed by atoms with Gasteiger partial charge in [0, 0.05) is 23.8 Å². The Bertz CT molecular complexity index is 809. The number of nitrogens with one attached hydrogen (secondary N) is 1. The monoisotopic (exact) mass is 357 g/mol. The number of carbonyl (C=O) groups excluding carboxylic acids is 1. The number of amidine groups is 1. The molecule has 0 aliphatic carbocycles. The number of ether oxygens (including phenoxy) is 1. The van der Waals surface area contributed by atoms with Crippen molar-refractivity contribution >= 4 is 28.5 Å². The molecule has 0 saturated carbocycles. The molecule has 8 heteroatoms. The number of rotatable bonds is 4. The van der Waals surface area contributed by atoms with Crippen LogP contribution in [0.1, 0.15) is 29.3 Å². The minimum atomic E-state index is -0.376. The summed E-state index contributed by atoms with van der Waals surface area (Å²) in [6, 6.07) is 7.87. The summed E-state index contributed by atoms with van der Waals surface area (Å²) in [7, 11) is 1.47. The summed E-state index contributed by atoms with van der Waals surface area (Å²) in [6.07, 6.45) is 3.74. The van der Waals surface area contributed by atoms with E-state index in [1.807, 2.05) is 24.3 Å². The zero-order chi connectivity index (χ0) is 17.9. The van der Waals surface area contributed by atoms with Gasteiger partial charge in [0.1, 0.15) is 0 Å². The molecule has 0 bridgehead atoms. The van der Waals surface area contributed by atoms with E-state index in [1.165, 1.54) is 19.5 Å². The van der Waals surface area contributed by atoms with Crippen LogP contribution < -0.4 is 15.8 Å². The Balaban J connectivity index is 1.79. The van der Waals surface area contributed by atoms with Crippen molar-refractivity contribution in [2.75, 3.05) is 18.2 Å². The Morgan fingerprint density at radius 1 is 1.36 bits per heavy atom. The molecule has 7 nitrogen and oxygen atoms in total. The fourth-order valence-corrected chi connectivity index (χ4v) is 3.54. The van der Waals surface area contributed by atoms with Gasteiger partial charge in [0.2, 0.25) is 0 Å². The Kier molecular flexibility index (Phi) is 4.89. The van der Waals surface area contributed by atoms with Crippen LogP contribution in [0.4, 0.5) is 5.69 Å². The van der Waals surface area contributed by atoms with Crippen molar-refractivity contribution in [3.8, 4) is 6.01 Å². The van der Waals surface area contributed by atoms with Crippen LogP contribution >= 0.6 is 11.8 Å². The van der Waals surface area contributed by atoms with Crippen molar-refractivity contribution in [2.24, 2.45) is 10.7 Å². The molecule has 130 valence electrons. The van der Waals surface area contributed by atoms with Crippen LogP contribution in [0.15, 0.2) is 41.7 Å². The number of nitrogens with zero attached hydrogens (tertiary/aromatic N) is 3. The molecule has 1 aliphatic rings. The molecule has 3 rings (SSSR count). The van der Waals surface area contributed by atoms with Crippen LogP contribution in [0.2, 0.25) is 0 Å². The summed E-state index contributed by atoms with van der Waals surface area (Å²) in [4.78, 5) is 24.8. The summed E-state index contributed by atoms with van der Waals surface area (Å²) >= 11 is 1.56. The van der Waals surface area contributed by atoms with Gasteiger partial charge in [-0.15, -0.1) is 0 Å². The highest BCUT2D eigenvalue weighted by Gasteiger charge is 2.29. The summed E-state index contributed by atoms with van der Waals surface area (Å²) in [5.74, 6) is 0.637. The van der Waals surface area contributed by atoms with Crippen molar-refractivity contribution in [3.05, 3.63) is 47.8 Å². The van der Waals surface area contributed by atoms with E-state index in [1.54, 1.807) is 11.8 Å². The smallest absolute Gasteiger partial charge is 0.316 e. The Labute approximate surface area is 150 Å². The van der Waals surface area contributed by atoms with Gasteiger partial charge in [-0.05, 0) is 31.0 Å². The number of methoxy groups -OCH3 is 1. The molecule has 3 N–H and O–H groups in total. The molecule has 1 amide bonds. The fraction of sp³-hybridized carbons (Fsp3) is 0.294. The Morgan fingerprint density at radius 3 is 2.80 bits per heavy atom. The maximum absolute atomic E-state index is 12.4. The second kappa shape index (κ2) is 7.10. The number of nitrogens with two attached hydrogens (primary N) is 1. The van der Waals surface area contributed by atoms with E-state index in [2.05, 4.69) is 27.2 Å². The molecule has 1 aromatic heterocycles. The topological polar surface area (TPSA) is 102 Å². The van der Waals surface area contributed by atoms with Crippen LogP contribution in [-0.2, 0) is 5.54 Å². The third kappa shape index (κ3) is 3.90. The maximum Gasteiger partial charge on any atom is 0.316 e. The van der Waals surface area contributed by atoms with Crippen LogP contribution in [0, 0.1) is 0 Å². The van der Waals surface area contributed by atoms with Gasteiger partial charge in [0.05, 0.1) is 18.2 Å². The van der Waals surface area contributed by atoms with E-state index < -0.39 is 0 Å². The quantitative estimate of drug-likeness (QED) is 0.871. The van der Waals surface area contributed by atoms with Crippen LogP contribution in [-0.4, -0.2) is 33.9 Å². The number of hydrogen-bond donors (Lipinski definition) is 2. The molecule has 2 heterocycles. The molecule has 0 fully saturated rings. The van der Waals surface area contributed by atoms with Gasteiger partial charge in [0.15, 0.2) is 5.17 Å². The van der Waals surface area contributed by atoms with E-state index in [0.717, 1.165) is 17.7 Å². The summed E-state index contributed by atoms with van der Waals surface area (Å²) < 4.78 is 4.89. The lowest BCUT2D eigenvalue weighted by Crippen LogP contribution is -2.28. The molecule has 0 spiro atoms.